The van der Waals surface area contributed by atoms with Gasteiger partial charge in [-0.1, -0.05) is 17.0 Å². The zero-order chi connectivity index (χ0) is 3.58. The van der Waals surface area contributed by atoms with Crippen LogP contribution in [0.4, 0.5) is 0 Å². The molecular weight excluding hydrogens is 132 g/mol. The van der Waals surface area contributed by atoms with E-state index in [4.69, 9.17) is 8.42 Å². The summed E-state index contributed by atoms with van der Waals surface area (Å²) in [5.74, 6) is 0. The molecule has 0 saturated heterocycles. The maximum absolute atomic E-state index is 9.00. The van der Waals surface area contributed by atoms with Crippen LogP contribution >= 0.6 is 0 Å². The van der Waals surface area contributed by atoms with Crippen molar-refractivity contribution in [3.63, 3.8) is 0 Å². The molecule has 0 aliphatic rings. The van der Waals surface area contributed by atoms with Crippen LogP contribution in [0.1, 0.15) is 0 Å². The Hall–Kier alpha value is 0.469. The summed E-state index contributed by atoms with van der Waals surface area (Å²) in [6.45, 7) is 0. The SMILES string of the molecule is C[S-](=O)=O.[Fe]. The zero-order valence-electron chi connectivity index (χ0n) is 2.58. The molecule has 0 amide bonds. The Morgan fingerprint density at radius 3 is 1.40 bits per heavy atom. The van der Waals surface area contributed by atoms with Gasteiger partial charge in [0.1, 0.15) is 0 Å². The second-order valence-corrected chi connectivity index (χ2v) is 1.20. The van der Waals surface area contributed by atoms with Crippen LogP contribution in [0.5, 0.6) is 0 Å². The zero-order valence-corrected chi connectivity index (χ0v) is 4.50. The summed E-state index contributed by atoms with van der Waals surface area (Å²) < 4.78 is 18.0. The minimum Gasteiger partial charge on any atom is -0.424 e. The smallest absolute Gasteiger partial charge is 0 e. The van der Waals surface area contributed by atoms with E-state index in [0.29, 0.717) is 0 Å². The molecule has 0 rings (SSSR count). The van der Waals surface area contributed by atoms with E-state index in [1.54, 1.807) is 0 Å². The van der Waals surface area contributed by atoms with Crippen LogP contribution in [-0.4, -0.2) is 6.26 Å². The summed E-state index contributed by atoms with van der Waals surface area (Å²) in [5, 5.41) is 0. The van der Waals surface area contributed by atoms with E-state index in [1.165, 1.54) is 0 Å². The molecule has 0 radical (unpaired) electrons. The first-order valence-electron chi connectivity index (χ1n) is 0.742. The van der Waals surface area contributed by atoms with Crippen LogP contribution in [0, 0.1) is 0 Å². The fourth-order valence-electron chi connectivity index (χ4n) is 0. The molecule has 0 aliphatic heterocycles. The van der Waals surface area contributed by atoms with Crippen molar-refractivity contribution in [2.75, 3.05) is 6.26 Å². The van der Waals surface area contributed by atoms with Crippen LogP contribution in [0.25, 0.3) is 0 Å². The van der Waals surface area contributed by atoms with E-state index in [-0.39, 0.29) is 17.1 Å². The maximum atomic E-state index is 9.00. The molecule has 0 unspecified atom stereocenters. The molecule has 0 aliphatic carbocycles. The third-order valence-electron chi connectivity index (χ3n) is 0. The maximum Gasteiger partial charge on any atom is 0 e. The molecule has 0 N–H and O–H groups in total. The Bertz CT molecular complexity index is 58.0. The van der Waals surface area contributed by atoms with E-state index in [0.717, 1.165) is 6.26 Å². The van der Waals surface area contributed by atoms with Crippen molar-refractivity contribution >= 4 is 10.7 Å². The summed E-state index contributed by atoms with van der Waals surface area (Å²) in [6, 6.07) is 0. The van der Waals surface area contributed by atoms with Crippen molar-refractivity contribution in [1.82, 2.24) is 0 Å². The van der Waals surface area contributed by atoms with Gasteiger partial charge in [-0.15, -0.1) is 0 Å². The predicted molar refractivity (Wildman–Crippen MR) is 14.7 cm³/mol. The second-order valence-electron chi connectivity index (χ2n) is 0.401. The molecule has 0 spiro atoms. The fraction of sp³-hybridized carbons (Fsp3) is 1.00. The third-order valence-corrected chi connectivity index (χ3v) is 0. The minimum atomic E-state index is -1.86. The first kappa shape index (κ1) is 9.08. The largest absolute Gasteiger partial charge is 0.424 e. The van der Waals surface area contributed by atoms with E-state index < -0.39 is 10.7 Å². The molecule has 0 aromatic heterocycles. The van der Waals surface area contributed by atoms with E-state index >= 15 is 0 Å². The van der Waals surface area contributed by atoms with Gasteiger partial charge in [0.2, 0.25) is 0 Å². The van der Waals surface area contributed by atoms with Crippen LogP contribution in [0.3, 0.4) is 0 Å². The average Bonchev–Trinajstić information content (AvgIpc) is 0.811. The Labute approximate surface area is 43.0 Å². The van der Waals surface area contributed by atoms with Gasteiger partial charge >= 0.3 is 0 Å². The molecule has 0 aromatic rings. The van der Waals surface area contributed by atoms with Gasteiger partial charge in [0.15, 0.2) is 0 Å². The van der Waals surface area contributed by atoms with Gasteiger partial charge in [-0.3, -0.25) is 0 Å². The van der Waals surface area contributed by atoms with Crippen molar-refractivity contribution in [2.45, 2.75) is 0 Å². The van der Waals surface area contributed by atoms with Gasteiger partial charge in [-0.05, 0) is 0 Å². The number of hydrogen-bond donors (Lipinski definition) is 0. The molecule has 0 bridgehead atoms. The molecule has 4 heteroatoms. The van der Waals surface area contributed by atoms with Crippen LogP contribution in [0.2, 0.25) is 0 Å². The Kier molecular flexibility index (Phi) is 8.11. The number of hydrogen-bond acceptors (Lipinski definition) is 3. The second kappa shape index (κ2) is 4.47. The van der Waals surface area contributed by atoms with E-state index in [9.17, 15) is 0 Å². The molecule has 0 saturated carbocycles. The monoisotopic (exact) mass is 135 g/mol. The van der Waals surface area contributed by atoms with E-state index in [2.05, 4.69) is 0 Å². The molecule has 2 nitrogen and oxygen atoms in total. The summed E-state index contributed by atoms with van der Waals surface area (Å²) >= 11 is 0. The van der Waals surface area contributed by atoms with Crippen molar-refractivity contribution in [2.24, 2.45) is 0 Å². The van der Waals surface area contributed by atoms with Crippen molar-refractivity contribution < 1.29 is 25.5 Å². The standard InChI is InChI=1S/CH3O2S.Fe/c1-4(2)3;/h1H3;/q-1;. The fourth-order valence-corrected chi connectivity index (χ4v) is 0. The van der Waals surface area contributed by atoms with Crippen molar-refractivity contribution in [3.05, 3.63) is 0 Å². The summed E-state index contributed by atoms with van der Waals surface area (Å²) in [5.41, 5.74) is 0. The number of rotatable bonds is 0. The van der Waals surface area contributed by atoms with Gasteiger partial charge in [0, 0.05) is 17.1 Å². The molecule has 0 atom stereocenters. The average molecular weight is 135 g/mol. The quantitative estimate of drug-likeness (QED) is 0.344. The molecular formula is CH3FeO2S-. The van der Waals surface area contributed by atoms with Crippen molar-refractivity contribution in [3.8, 4) is 0 Å². The van der Waals surface area contributed by atoms with E-state index in [1.807, 2.05) is 0 Å². The van der Waals surface area contributed by atoms with Gasteiger partial charge in [-0.2, -0.15) is 0 Å². The molecule has 5 heavy (non-hydrogen) atoms. The normalized spacial score (nSPS) is 6.80. The summed E-state index contributed by atoms with van der Waals surface area (Å²) in [7, 11) is -1.86. The van der Waals surface area contributed by atoms with Gasteiger partial charge in [0.25, 0.3) is 0 Å². The summed E-state index contributed by atoms with van der Waals surface area (Å²) in [6.07, 6.45) is 1.08. The van der Waals surface area contributed by atoms with Gasteiger partial charge in [0.05, 0.1) is 0 Å². The summed E-state index contributed by atoms with van der Waals surface area (Å²) in [4.78, 5) is 0. The molecule has 0 heterocycles. The first-order valence-corrected chi connectivity index (χ1v) is 2.22. The van der Waals surface area contributed by atoms with Crippen LogP contribution in [-0.2, 0) is 36.2 Å². The van der Waals surface area contributed by atoms with Crippen molar-refractivity contribution in [1.29, 1.82) is 0 Å². The van der Waals surface area contributed by atoms with Crippen LogP contribution < -0.4 is 0 Å². The Balaban J connectivity index is 0. The third kappa shape index (κ3) is 124. The molecule has 34 valence electrons. The van der Waals surface area contributed by atoms with Crippen LogP contribution in [0.15, 0.2) is 0 Å². The van der Waals surface area contributed by atoms with Gasteiger partial charge in [-0.25, -0.2) is 0 Å². The van der Waals surface area contributed by atoms with Gasteiger partial charge < -0.3 is 8.42 Å². The minimum absolute atomic E-state index is 0. The topological polar surface area (TPSA) is 34.1 Å². The molecule has 0 fully saturated rings. The Morgan fingerprint density at radius 1 is 1.40 bits per heavy atom. The Morgan fingerprint density at radius 2 is 1.40 bits per heavy atom. The molecule has 0 aromatic carbocycles. The first-order chi connectivity index (χ1) is 1.73. The predicted octanol–water partition coefficient (Wildman–Crippen LogP) is -0.0770.